The zero-order valence-corrected chi connectivity index (χ0v) is 6.56. The number of alkyl halides is 2. The van der Waals surface area contributed by atoms with Gasteiger partial charge in [0.05, 0.1) is 6.10 Å². The standard InChI is InChI=1S/C7H14F2O/c1-5(4-6(2)10)7(3,8)9/h5-6,10H,4H2,1-3H3. The summed E-state index contributed by atoms with van der Waals surface area (Å²) in [5.74, 6) is -3.41. The van der Waals surface area contributed by atoms with Crippen LogP contribution in [0.5, 0.6) is 0 Å². The van der Waals surface area contributed by atoms with E-state index in [4.69, 9.17) is 5.11 Å². The van der Waals surface area contributed by atoms with Crippen LogP contribution in [-0.4, -0.2) is 17.1 Å². The SMILES string of the molecule is CC(O)CC(C)C(C)(F)F. The van der Waals surface area contributed by atoms with Gasteiger partial charge in [-0.2, -0.15) is 0 Å². The minimum Gasteiger partial charge on any atom is -0.393 e. The summed E-state index contributed by atoms with van der Waals surface area (Å²) >= 11 is 0. The number of aliphatic hydroxyl groups excluding tert-OH is 1. The summed E-state index contributed by atoms with van der Waals surface area (Å²) < 4.78 is 24.7. The van der Waals surface area contributed by atoms with Crippen molar-refractivity contribution in [1.29, 1.82) is 0 Å². The van der Waals surface area contributed by atoms with Crippen molar-refractivity contribution in [2.24, 2.45) is 5.92 Å². The van der Waals surface area contributed by atoms with Crippen molar-refractivity contribution in [2.45, 2.75) is 39.2 Å². The highest BCUT2D eigenvalue weighted by Crippen LogP contribution is 2.26. The molecule has 0 saturated carbocycles. The Morgan fingerprint density at radius 1 is 1.40 bits per heavy atom. The quantitative estimate of drug-likeness (QED) is 0.656. The first-order valence-corrected chi connectivity index (χ1v) is 3.40. The van der Waals surface area contributed by atoms with Crippen molar-refractivity contribution in [2.75, 3.05) is 0 Å². The van der Waals surface area contributed by atoms with Crippen LogP contribution in [0.2, 0.25) is 0 Å². The van der Waals surface area contributed by atoms with Crippen LogP contribution < -0.4 is 0 Å². The Labute approximate surface area is 60.1 Å². The van der Waals surface area contributed by atoms with Gasteiger partial charge in [0.25, 0.3) is 0 Å². The molecule has 0 aromatic heterocycles. The minimum atomic E-state index is -2.67. The largest absolute Gasteiger partial charge is 0.393 e. The summed E-state index contributed by atoms with van der Waals surface area (Å²) in [6.45, 7) is 3.83. The van der Waals surface area contributed by atoms with Gasteiger partial charge in [0.15, 0.2) is 0 Å². The van der Waals surface area contributed by atoms with E-state index in [0.717, 1.165) is 6.92 Å². The second-order valence-electron chi connectivity index (χ2n) is 2.94. The van der Waals surface area contributed by atoms with Gasteiger partial charge < -0.3 is 5.11 Å². The molecule has 0 amide bonds. The monoisotopic (exact) mass is 152 g/mol. The van der Waals surface area contributed by atoms with Gasteiger partial charge in [-0.3, -0.25) is 0 Å². The van der Waals surface area contributed by atoms with Crippen LogP contribution >= 0.6 is 0 Å². The molecular formula is C7H14F2O. The molecule has 10 heavy (non-hydrogen) atoms. The predicted octanol–water partition coefficient (Wildman–Crippen LogP) is 2.05. The van der Waals surface area contributed by atoms with Crippen LogP contribution in [0.25, 0.3) is 0 Å². The molecule has 1 nitrogen and oxygen atoms in total. The molecule has 0 fully saturated rings. The summed E-state index contributed by atoms with van der Waals surface area (Å²) in [7, 11) is 0. The average molecular weight is 152 g/mol. The van der Waals surface area contributed by atoms with E-state index in [2.05, 4.69) is 0 Å². The van der Waals surface area contributed by atoms with Crippen molar-refractivity contribution in [3.63, 3.8) is 0 Å². The number of aliphatic hydroxyl groups is 1. The molecule has 0 radical (unpaired) electrons. The van der Waals surface area contributed by atoms with E-state index in [1.54, 1.807) is 0 Å². The number of hydrogen-bond acceptors (Lipinski definition) is 1. The van der Waals surface area contributed by atoms with Crippen LogP contribution in [0.4, 0.5) is 8.78 Å². The van der Waals surface area contributed by atoms with E-state index >= 15 is 0 Å². The molecule has 2 atom stereocenters. The van der Waals surface area contributed by atoms with E-state index in [9.17, 15) is 8.78 Å². The van der Waals surface area contributed by atoms with Crippen molar-refractivity contribution in [1.82, 2.24) is 0 Å². The van der Waals surface area contributed by atoms with Crippen molar-refractivity contribution < 1.29 is 13.9 Å². The second-order valence-corrected chi connectivity index (χ2v) is 2.94. The van der Waals surface area contributed by atoms with Gasteiger partial charge >= 0.3 is 0 Å². The first-order chi connectivity index (χ1) is 4.34. The van der Waals surface area contributed by atoms with E-state index in [1.165, 1.54) is 13.8 Å². The fourth-order valence-corrected chi connectivity index (χ4v) is 0.719. The van der Waals surface area contributed by atoms with Crippen LogP contribution in [0.3, 0.4) is 0 Å². The van der Waals surface area contributed by atoms with Crippen molar-refractivity contribution >= 4 is 0 Å². The number of rotatable bonds is 3. The summed E-state index contributed by atoms with van der Waals surface area (Å²) in [5, 5.41) is 8.75. The Kier molecular flexibility index (Phi) is 3.22. The highest BCUT2D eigenvalue weighted by molar-refractivity contribution is 4.69. The van der Waals surface area contributed by atoms with Crippen LogP contribution in [0.15, 0.2) is 0 Å². The van der Waals surface area contributed by atoms with Crippen LogP contribution in [-0.2, 0) is 0 Å². The minimum absolute atomic E-state index is 0.156. The van der Waals surface area contributed by atoms with Gasteiger partial charge in [-0.05, 0) is 20.3 Å². The Morgan fingerprint density at radius 3 is 1.90 bits per heavy atom. The molecule has 0 bridgehead atoms. The zero-order valence-electron chi connectivity index (χ0n) is 6.56. The molecule has 0 aromatic rings. The van der Waals surface area contributed by atoms with Gasteiger partial charge in [0, 0.05) is 5.92 Å². The number of halogens is 2. The lowest BCUT2D eigenvalue weighted by Gasteiger charge is -2.19. The van der Waals surface area contributed by atoms with Crippen LogP contribution in [0.1, 0.15) is 27.2 Å². The van der Waals surface area contributed by atoms with E-state index in [0.29, 0.717) is 0 Å². The molecular weight excluding hydrogens is 138 g/mol. The topological polar surface area (TPSA) is 20.2 Å². The molecule has 0 saturated heterocycles. The van der Waals surface area contributed by atoms with Gasteiger partial charge in [-0.15, -0.1) is 0 Å². The predicted molar refractivity (Wildman–Crippen MR) is 36.1 cm³/mol. The molecule has 0 aromatic carbocycles. The zero-order chi connectivity index (χ0) is 8.36. The molecule has 0 rings (SSSR count). The molecule has 0 heterocycles. The average Bonchev–Trinajstić information content (AvgIpc) is 1.60. The molecule has 0 aliphatic rings. The van der Waals surface area contributed by atoms with E-state index < -0.39 is 17.9 Å². The summed E-state index contributed by atoms with van der Waals surface area (Å²) in [4.78, 5) is 0. The molecule has 0 aliphatic heterocycles. The van der Waals surface area contributed by atoms with Crippen LogP contribution in [0, 0.1) is 5.92 Å². The fourth-order valence-electron chi connectivity index (χ4n) is 0.719. The molecule has 1 N–H and O–H groups in total. The lowest BCUT2D eigenvalue weighted by molar-refractivity contribution is -0.0476. The third-order valence-electron chi connectivity index (χ3n) is 1.56. The summed E-state index contributed by atoms with van der Waals surface area (Å²) in [6, 6.07) is 0. The third kappa shape index (κ3) is 3.77. The molecule has 0 spiro atoms. The third-order valence-corrected chi connectivity index (χ3v) is 1.56. The van der Waals surface area contributed by atoms with Gasteiger partial charge in [0.2, 0.25) is 5.92 Å². The highest BCUT2D eigenvalue weighted by atomic mass is 19.3. The van der Waals surface area contributed by atoms with Crippen molar-refractivity contribution in [3.8, 4) is 0 Å². The van der Waals surface area contributed by atoms with Gasteiger partial charge in [-0.1, -0.05) is 6.92 Å². The maximum absolute atomic E-state index is 12.4. The first kappa shape index (κ1) is 9.82. The van der Waals surface area contributed by atoms with E-state index in [-0.39, 0.29) is 6.42 Å². The molecule has 3 heteroatoms. The lowest BCUT2D eigenvalue weighted by atomic mass is 9.98. The first-order valence-electron chi connectivity index (χ1n) is 3.40. The normalized spacial score (nSPS) is 18.6. The summed E-state index contributed by atoms with van der Waals surface area (Å²) in [5.41, 5.74) is 0. The molecule has 62 valence electrons. The smallest absolute Gasteiger partial charge is 0.248 e. The fraction of sp³-hybridized carbons (Fsp3) is 1.00. The molecule has 2 unspecified atom stereocenters. The Hall–Kier alpha value is -0.180. The van der Waals surface area contributed by atoms with E-state index in [1.807, 2.05) is 0 Å². The molecule has 0 aliphatic carbocycles. The maximum Gasteiger partial charge on any atom is 0.248 e. The second kappa shape index (κ2) is 3.28. The van der Waals surface area contributed by atoms with Crippen molar-refractivity contribution in [3.05, 3.63) is 0 Å². The summed E-state index contributed by atoms with van der Waals surface area (Å²) in [6.07, 6.45) is -0.482. The van der Waals surface area contributed by atoms with Gasteiger partial charge in [-0.25, -0.2) is 8.78 Å². The Balaban J connectivity index is 3.73. The maximum atomic E-state index is 12.4. The van der Waals surface area contributed by atoms with Gasteiger partial charge in [0.1, 0.15) is 0 Å². The number of hydrogen-bond donors (Lipinski definition) is 1. The Morgan fingerprint density at radius 2 is 1.80 bits per heavy atom. The lowest BCUT2D eigenvalue weighted by Crippen LogP contribution is -2.24. The highest BCUT2D eigenvalue weighted by Gasteiger charge is 2.30. The Bertz CT molecular complexity index is 96.3.